The summed E-state index contributed by atoms with van der Waals surface area (Å²) in [5.41, 5.74) is 3.41. The first-order chi connectivity index (χ1) is 9.51. The smallest absolute Gasteiger partial charge is 0.0992 e. The minimum absolute atomic E-state index is 0.356. The Balaban J connectivity index is 2.28. The molecule has 0 heterocycles. The second-order valence-electron chi connectivity index (χ2n) is 4.68. The summed E-state index contributed by atoms with van der Waals surface area (Å²) in [6.45, 7) is 3.93. The van der Waals surface area contributed by atoms with Gasteiger partial charge in [0.25, 0.3) is 0 Å². The van der Waals surface area contributed by atoms with E-state index in [1.165, 1.54) is 0 Å². The average molecular weight is 304 g/mol. The van der Waals surface area contributed by atoms with Gasteiger partial charge in [-0.1, -0.05) is 29.8 Å². The molecule has 2 aromatic rings. The van der Waals surface area contributed by atoms with Gasteiger partial charge in [0.2, 0.25) is 0 Å². The van der Waals surface area contributed by atoms with Crippen LogP contribution in [0.15, 0.2) is 41.3 Å². The predicted octanol–water partition coefficient (Wildman–Crippen LogP) is 4.14. The summed E-state index contributed by atoms with van der Waals surface area (Å²) in [5.74, 6) is 0.356. The van der Waals surface area contributed by atoms with Crippen molar-refractivity contribution in [2.24, 2.45) is 0 Å². The van der Waals surface area contributed by atoms with Crippen molar-refractivity contribution in [3.8, 4) is 6.07 Å². The molecule has 0 N–H and O–H groups in total. The molecule has 0 aliphatic rings. The number of nitriles is 1. The van der Waals surface area contributed by atoms with Gasteiger partial charge in [-0.2, -0.15) is 5.26 Å². The first kappa shape index (κ1) is 14.8. The third kappa shape index (κ3) is 3.27. The van der Waals surface area contributed by atoms with Crippen molar-refractivity contribution < 1.29 is 4.21 Å². The Bertz CT molecular complexity index is 719. The summed E-state index contributed by atoms with van der Waals surface area (Å²) >= 11 is 6.13. The molecule has 0 spiro atoms. The second-order valence-corrected chi connectivity index (χ2v) is 6.50. The van der Waals surface area contributed by atoms with Crippen LogP contribution < -0.4 is 0 Å². The van der Waals surface area contributed by atoms with Crippen molar-refractivity contribution in [2.45, 2.75) is 24.5 Å². The van der Waals surface area contributed by atoms with Crippen LogP contribution in [0.1, 0.15) is 22.3 Å². The maximum Gasteiger partial charge on any atom is 0.0992 e. The Labute approximate surface area is 126 Å². The van der Waals surface area contributed by atoms with Crippen LogP contribution in [0.5, 0.6) is 0 Å². The van der Waals surface area contributed by atoms with Gasteiger partial charge in [-0.3, -0.25) is 4.21 Å². The molecule has 1 atom stereocenters. The molecular weight excluding hydrogens is 290 g/mol. The number of hydrogen-bond donors (Lipinski definition) is 0. The number of rotatable bonds is 3. The largest absolute Gasteiger partial charge is 0.254 e. The third-order valence-electron chi connectivity index (χ3n) is 3.06. The topological polar surface area (TPSA) is 40.9 Å². The van der Waals surface area contributed by atoms with E-state index in [1.807, 2.05) is 38.1 Å². The lowest BCUT2D eigenvalue weighted by atomic mass is 10.2. The zero-order valence-corrected chi connectivity index (χ0v) is 12.9. The molecule has 0 saturated heterocycles. The lowest BCUT2D eigenvalue weighted by molar-refractivity contribution is 0.682. The van der Waals surface area contributed by atoms with Crippen molar-refractivity contribution in [2.75, 3.05) is 0 Å². The second kappa shape index (κ2) is 6.21. The van der Waals surface area contributed by atoms with Crippen molar-refractivity contribution in [3.05, 3.63) is 63.7 Å². The number of halogens is 1. The van der Waals surface area contributed by atoms with Crippen LogP contribution in [0.2, 0.25) is 5.02 Å². The van der Waals surface area contributed by atoms with Crippen LogP contribution in [0.25, 0.3) is 0 Å². The predicted molar refractivity (Wildman–Crippen MR) is 82.2 cm³/mol. The summed E-state index contributed by atoms with van der Waals surface area (Å²) < 4.78 is 12.5. The fourth-order valence-electron chi connectivity index (χ4n) is 1.91. The molecule has 0 fully saturated rings. The minimum atomic E-state index is -1.14. The lowest BCUT2D eigenvalue weighted by Gasteiger charge is -2.08. The lowest BCUT2D eigenvalue weighted by Crippen LogP contribution is -2.00. The molecule has 1 unspecified atom stereocenters. The van der Waals surface area contributed by atoms with Gasteiger partial charge in [-0.15, -0.1) is 0 Å². The normalized spacial score (nSPS) is 11.9. The van der Waals surface area contributed by atoms with Gasteiger partial charge < -0.3 is 0 Å². The molecule has 2 nitrogen and oxygen atoms in total. The first-order valence-corrected chi connectivity index (χ1v) is 7.85. The van der Waals surface area contributed by atoms with E-state index in [-0.39, 0.29) is 0 Å². The Hall–Kier alpha value is -1.63. The highest BCUT2D eigenvalue weighted by molar-refractivity contribution is 7.84. The standard InChI is InChI=1S/C16H14ClNOS/c1-11-3-4-12(2)16(7-11)20(19)10-14-6-5-13(9-18)8-15(14)17/h3-8H,10H2,1-2H3. The number of nitrogens with zero attached hydrogens (tertiary/aromatic N) is 1. The van der Waals surface area contributed by atoms with E-state index < -0.39 is 10.8 Å². The Morgan fingerprint density at radius 1 is 1.20 bits per heavy atom. The van der Waals surface area contributed by atoms with Crippen molar-refractivity contribution in [1.82, 2.24) is 0 Å². The molecule has 0 saturated carbocycles. The van der Waals surface area contributed by atoms with E-state index in [0.29, 0.717) is 16.3 Å². The molecule has 102 valence electrons. The van der Waals surface area contributed by atoms with Crippen LogP contribution in [-0.4, -0.2) is 4.21 Å². The SMILES string of the molecule is Cc1ccc(C)c(S(=O)Cc2ccc(C#N)cc2Cl)c1. The summed E-state index contributed by atoms with van der Waals surface area (Å²) in [5, 5.41) is 9.30. The highest BCUT2D eigenvalue weighted by atomic mass is 35.5. The fourth-order valence-corrected chi connectivity index (χ4v) is 3.67. The molecule has 2 rings (SSSR count). The van der Waals surface area contributed by atoms with Gasteiger partial charge in [0.15, 0.2) is 0 Å². The zero-order valence-electron chi connectivity index (χ0n) is 11.3. The molecule has 4 heteroatoms. The van der Waals surface area contributed by atoms with E-state index in [9.17, 15) is 4.21 Å². The molecule has 20 heavy (non-hydrogen) atoms. The Morgan fingerprint density at radius 3 is 2.60 bits per heavy atom. The van der Waals surface area contributed by atoms with Gasteiger partial charge in [0.05, 0.1) is 28.2 Å². The highest BCUT2D eigenvalue weighted by Gasteiger charge is 2.11. The maximum atomic E-state index is 12.5. The van der Waals surface area contributed by atoms with Crippen LogP contribution in [-0.2, 0) is 16.6 Å². The summed E-state index contributed by atoms with van der Waals surface area (Å²) in [6, 6.07) is 13.0. The number of aryl methyl sites for hydroxylation is 2. The monoisotopic (exact) mass is 303 g/mol. The summed E-state index contributed by atoms with van der Waals surface area (Å²) in [6.07, 6.45) is 0. The van der Waals surface area contributed by atoms with Crippen molar-refractivity contribution >= 4 is 22.4 Å². The zero-order chi connectivity index (χ0) is 14.7. The van der Waals surface area contributed by atoms with Gasteiger partial charge in [-0.05, 0) is 48.7 Å². The molecule has 0 aliphatic heterocycles. The minimum Gasteiger partial charge on any atom is -0.254 e. The Morgan fingerprint density at radius 2 is 1.95 bits per heavy atom. The molecule has 0 radical (unpaired) electrons. The highest BCUT2D eigenvalue weighted by Crippen LogP contribution is 2.23. The maximum absolute atomic E-state index is 12.5. The number of benzene rings is 2. The molecule has 0 amide bonds. The quantitative estimate of drug-likeness (QED) is 0.855. The van der Waals surface area contributed by atoms with Crippen LogP contribution in [0.3, 0.4) is 0 Å². The molecule has 0 aliphatic carbocycles. The Kier molecular flexibility index (Phi) is 4.59. The number of hydrogen-bond acceptors (Lipinski definition) is 2. The van der Waals surface area contributed by atoms with E-state index in [4.69, 9.17) is 16.9 Å². The molecule has 0 bridgehead atoms. The van der Waals surface area contributed by atoms with Gasteiger partial charge in [0.1, 0.15) is 0 Å². The third-order valence-corrected chi connectivity index (χ3v) is 4.91. The molecule has 2 aromatic carbocycles. The van der Waals surface area contributed by atoms with Gasteiger partial charge >= 0.3 is 0 Å². The van der Waals surface area contributed by atoms with E-state index in [1.54, 1.807) is 18.2 Å². The van der Waals surface area contributed by atoms with Crippen molar-refractivity contribution in [1.29, 1.82) is 5.26 Å². The van der Waals surface area contributed by atoms with Gasteiger partial charge in [0, 0.05) is 9.92 Å². The first-order valence-electron chi connectivity index (χ1n) is 6.15. The van der Waals surface area contributed by atoms with Crippen LogP contribution >= 0.6 is 11.6 Å². The van der Waals surface area contributed by atoms with Crippen LogP contribution in [0.4, 0.5) is 0 Å². The fraction of sp³-hybridized carbons (Fsp3) is 0.188. The summed E-state index contributed by atoms with van der Waals surface area (Å²) in [7, 11) is -1.14. The van der Waals surface area contributed by atoms with Crippen LogP contribution in [0, 0.1) is 25.2 Å². The van der Waals surface area contributed by atoms with Gasteiger partial charge in [-0.25, -0.2) is 0 Å². The van der Waals surface area contributed by atoms with E-state index in [2.05, 4.69) is 0 Å². The van der Waals surface area contributed by atoms with Crippen molar-refractivity contribution in [3.63, 3.8) is 0 Å². The van der Waals surface area contributed by atoms with E-state index >= 15 is 0 Å². The molecule has 0 aromatic heterocycles. The average Bonchev–Trinajstić information content (AvgIpc) is 2.43. The van der Waals surface area contributed by atoms with E-state index in [0.717, 1.165) is 21.6 Å². The summed E-state index contributed by atoms with van der Waals surface area (Å²) in [4.78, 5) is 0.838. The molecular formula is C16H14ClNOS.